The van der Waals surface area contributed by atoms with Crippen molar-refractivity contribution in [3.63, 3.8) is 0 Å². The van der Waals surface area contributed by atoms with Gasteiger partial charge in [0, 0.05) is 83.7 Å². The topological polar surface area (TPSA) is 154 Å². The Morgan fingerprint density at radius 1 is 0.855 bits per heavy atom. The fourth-order valence-electron chi connectivity index (χ4n) is 9.32. The molecule has 0 spiro atoms. The molecule has 8 atom stereocenters. The van der Waals surface area contributed by atoms with Gasteiger partial charge in [-0.2, -0.15) is 0 Å². The van der Waals surface area contributed by atoms with E-state index in [0.29, 0.717) is 38.9 Å². The normalized spacial score (nSPS) is 18.7. The number of likely N-dealkylation sites (N-methyl/N-ethyl adjacent to an activating group) is 2. The Morgan fingerprint density at radius 2 is 1.50 bits per heavy atom. The van der Waals surface area contributed by atoms with Crippen LogP contribution < -0.4 is 5.32 Å². The summed E-state index contributed by atoms with van der Waals surface area (Å²) in [5, 5.41) is 3.09. The van der Waals surface area contributed by atoms with E-state index in [-0.39, 0.29) is 96.1 Å². The summed E-state index contributed by atoms with van der Waals surface area (Å²) in [4.78, 5) is 99.5. The molecular weight excluding hydrogens is 787 g/mol. The maximum absolute atomic E-state index is 14.6. The molecule has 6 amide bonds. The van der Waals surface area contributed by atoms with Gasteiger partial charge in [0.2, 0.25) is 23.6 Å². The Bertz CT molecular complexity index is 1680. The Morgan fingerprint density at radius 3 is 2.08 bits per heavy atom. The first-order chi connectivity index (χ1) is 29.4. The van der Waals surface area contributed by atoms with Crippen LogP contribution in [0.15, 0.2) is 42.5 Å². The second-order valence-electron chi connectivity index (χ2n) is 18.5. The molecule has 13 heteroatoms. The Hall–Kier alpha value is -4.39. The highest BCUT2D eigenvalue weighted by Crippen LogP contribution is 2.32. The maximum Gasteiger partial charge on any atom is 0.253 e. The average Bonchev–Trinajstić information content (AvgIpc) is 3.87. The molecule has 0 saturated carbocycles. The molecule has 13 nitrogen and oxygen atoms in total. The zero-order valence-corrected chi connectivity index (χ0v) is 39.6. The van der Waals surface area contributed by atoms with Crippen LogP contribution in [-0.4, -0.2) is 126 Å². The van der Waals surface area contributed by atoms with Gasteiger partial charge in [-0.15, -0.1) is 0 Å². The van der Waals surface area contributed by atoms with E-state index in [4.69, 9.17) is 4.74 Å². The zero-order chi connectivity index (χ0) is 46.3. The first kappa shape index (κ1) is 52.0. The minimum atomic E-state index is -0.721. The van der Waals surface area contributed by atoms with Crippen molar-refractivity contribution in [2.24, 2.45) is 35.5 Å². The van der Waals surface area contributed by atoms with Crippen LogP contribution in [0, 0.1) is 35.5 Å². The van der Waals surface area contributed by atoms with E-state index < -0.39 is 24.1 Å². The van der Waals surface area contributed by atoms with Crippen LogP contribution in [0.1, 0.15) is 119 Å². The summed E-state index contributed by atoms with van der Waals surface area (Å²) in [5.41, 5.74) is 1.16. The van der Waals surface area contributed by atoms with E-state index in [1.54, 1.807) is 26.1 Å². The molecule has 0 radical (unpaired) electrons. The summed E-state index contributed by atoms with van der Waals surface area (Å²) in [6, 6.07) is 8.77. The number of nitrogens with one attached hydrogen (secondary N) is 1. The lowest BCUT2D eigenvalue weighted by molar-refractivity contribution is -0.149. The van der Waals surface area contributed by atoms with Crippen molar-refractivity contribution in [2.75, 3.05) is 40.8 Å². The molecule has 1 saturated heterocycles. The third-order valence-electron chi connectivity index (χ3n) is 13.6. The zero-order valence-electron chi connectivity index (χ0n) is 39.6. The van der Waals surface area contributed by atoms with Crippen LogP contribution in [0.4, 0.5) is 0 Å². The summed E-state index contributed by atoms with van der Waals surface area (Å²) in [6.45, 7) is 17.2. The van der Waals surface area contributed by atoms with Crippen molar-refractivity contribution < 1.29 is 38.3 Å². The number of hydrogen-bond acceptors (Lipinski definition) is 8. The smallest absolute Gasteiger partial charge is 0.253 e. The number of nitrogens with zero attached hydrogens (tertiary/aromatic N) is 4. The molecule has 346 valence electrons. The van der Waals surface area contributed by atoms with Gasteiger partial charge in [-0.3, -0.25) is 38.5 Å². The van der Waals surface area contributed by atoms with Gasteiger partial charge in [0.05, 0.1) is 24.6 Å². The largest absolute Gasteiger partial charge is 0.379 e. The second-order valence-corrected chi connectivity index (χ2v) is 18.5. The fourth-order valence-corrected chi connectivity index (χ4v) is 9.32. The number of likely N-dealkylation sites (tertiary alicyclic amines) is 1. The number of rotatable bonds is 26. The Balaban J connectivity index is 1.66. The minimum absolute atomic E-state index is 0.0200. The van der Waals surface area contributed by atoms with E-state index in [1.165, 1.54) is 22.0 Å². The molecule has 1 fully saturated rings. The number of Topliss-reactive ketones (excluding diaryl/α,β-unsaturated/α-hetero) is 1. The summed E-state index contributed by atoms with van der Waals surface area (Å²) < 4.78 is 6.08. The van der Waals surface area contributed by atoms with Crippen molar-refractivity contribution in [1.29, 1.82) is 0 Å². The van der Waals surface area contributed by atoms with Crippen molar-refractivity contribution in [2.45, 2.75) is 144 Å². The van der Waals surface area contributed by atoms with Crippen LogP contribution in [0.5, 0.6) is 0 Å². The summed E-state index contributed by atoms with van der Waals surface area (Å²) in [6.07, 6.45) is 7.07. The lowest BCUT2D eigenvalue weighted by Gasteiger charge is -2.41. The molecule has 2 aliphatic heterocycles. The predicted octanol–water partition coefficient (Wildman–Crippen LogP) is 6.09. The fraction of sp³-hybridized carbons (Fsp3) is 0.694. The van der Waals surface area contributed by atoms with E-state index in [2.05, 4.69) is 19.2 Å². The molecule has 2 aliphatic rings. The number of methoxy groups -OCH3 is 1. The third-order valence-corrected chi connectivity index (χ3v) is 13.6. The van der Waals surface area contributed by atoms with Crippen molar-refractivity contribution in [1.82, 2.24) is 24.9 Å². The van der Waals surface area contributed by atoms with Gasteiger partial charge in [0.15, 0.2) is 5.78 Å². The number of ether oxygens (including phenoxy) is 1. The lowest BCUT2D eigenvalue weighted by atomic mass is 9.83. The molecule has 0 aromatic heterocycles. The van der Waals surface area contributed by atoms with Crippen molar-refractivity contribution in [3.8, 4) is 0 Å². The van der Waals surface area contributed by atoms with E-state index in [0.717, 1.165) is 31.2 Å². The van der Waals surface area contributed by atoms with Gasteiger partial charge >= 0.3 is 0 Å². The van der Waals surface area contributed by atoms with Crippen molar-refractivity contribution >= 4 is 41.2 Å². The standard InChI is InChI=1S/C49H77N5O8/c1-12-34(6)47(41(62-11)31-45(59)53-29-19-22-39(53)35(7)36(8)48(60)50-27-26-37-20-15-13-16-21-37)52(10)49(61)38(32(2)3)30-40(55)46(33(4)5)51(9)42(56)23-17-14-18-28-54-43(57)24-25-44(54)58/h13,15-16,20-21,24-25,32-36,38-39,41,46-47H,12,14,17-19,22-23,26-31H2,1-11H3,(H,50,60)/t34-,35+,36+,38-,39-,41+,46-,47-/m0/s1. The second kappa shape index (κ2) is 25.0. The van der Waals surface area contributed by atoms with Crippen LogP contribution in [0.25, 0.3) is 0 Å². The van der Waals surface area contributed by atoms with Crippen molar-refractivity contribution in [3.05, 3.63) is 48.0 Å². The number of amides is 6. The number of unbranched alkanes of at least 4 members (excludes halogenated alkanes) is 2. The number of carbonyl (C=O) groups excluding carboxylic acids is 7. The lowest BCUT2D eigenvalue weighted by Crippen LogP contribution is -2.54. The minimum Gasteiger partial charge on any atom is -0.379 e. The number of hydrogen-bond donors (Lipinski definition) is 1. The summed E-state index contributed by atoms with van der Waals surface area (Å²) in [7, 11) is 4.97. The van der Waals surface area contributed by atoms with Crippen LogP contribution in [0.2, 0.25) is 0 Å². The van der Waals surface area contributed by atoms with E-state index >= 15 is 0 Å². The molecule has 1 aromatic carbocycles. The molecule has 0 unspecified atom stereocenters. The number of ketones is 1. The summed E-state index contributed by atoms with van der Waals surface area (Å²) in [5.74, 6) is -2.70. The van der Waals surface area contributed by atoms with E-state index in [9.17, 15) is 33.6 Å². The Labute approximate surface area is 371 Å². The molecule has 0 aliphatic carbocycles. The maximum atomic E-state index is 14.6. The quantitative estimate of drug-likeness (QED) is 0.0869. The van der Waals surface area contributed by atoms with Gasteiger partial charge in [-0.25, -0.2) is 0 Å². The molecular formula is C49H77N5O8. The van der Waals surface area contributed by atoms with Crippen LogP contribution in [0.3, 0.4) is 0 Å². The molecule has 62 heavy (non-hydrogen) atoms. The highest BCUT2D eigenvalue weighted by molar-refractivity contribution is 6.12. The number of benzene rings is 1. The van der Waals surface area contributed by atoms with Gasteiger partial charge in [0.25, 0.3) is 11.8 Å². The molecule has 3 rings (SSSR count). The molecule has 1 N–H and O–H groups in total. The van der Waals surface area contributed by atoms with Gasteiger partial charge in [0.1, 0.15) is 0 Å². The van der Waals surface area contributed by atoms with Gasteiger partial charge < -0.3 is 24.8 Å². The molecule has 1 aromatic rings. The van der Waals surface area contributed by atoms with Crippen LogP contribution >= 0.6 is 0 Å². The Kier molecular flexibility index (Phi) is 21.0. The molecule has 0 bridgehead atoms. The van der Waals surface area contributed by atoms with E-state index in [1.807, 2.05) is 76.8 Å². The SMILES string of the molecule is CC[C@H](C)[C@@H]([C@@H](CC(=O)N1CCC[C@H]1[C@H](C)[C@@H](C)C(=O)NCCc1ccccc1)OC)N(C)C(=O)[C@@H](CC(=O)[C@H](C(C)C)N(C)C(=O)CCCCCN1C(=O)C=CC1=O)C(C)C. The predicted molar refractivity (Wildman–Crippen MR) is 241 cm³/mol. The average molecular weight is 864 g/mol. The summed E-state index contributed by atoms with van der Waals surface area (Å²) >= 11 is 0. The van der Waals surface area contributed by atoms with Gasteiger partial charge in [-0.05, 0) is 61.3 Å². The van der Waals surface area contributed by atoms with Gasteiger partial charge in [-0.1, -0.05) is 98.6 Å². The third kappa shape index (κ3) is 14.1. The molecule has 2 heterocycles. The first-order valence-electron chi connectivity index (χ1n) is 23.1. The highest BCUT2D eigenvalue weighted by Gasteiger charge is 2.42. The monoisotopic (exact) mass is 864 g/mol. The number of imide groups is 1. The highest BCUT2D eigenvalue weighted by atomic mass is 16.5. The van der Waals surface area contributed by atoms with Crippen LogP contribution in [-0.2, 0) is 44.7 Å². The number of carbonyl (C=O) groups is 7. The first-order valence-corrected chi connectivity index (χ1v) is 23.1.